The molecule has 0 bridgehead atoms. The molecule has 1 aromatic carbocycles. The maximum Gasteiger partial charge on any atom is 0.261 e. The lowest BCUT2D eigenvalue weighted by molar-refractivity contribution is -0.130. The molecule has 2 atom stereocenters. The Morgan fingerprint density at radius 1 is 1.24 bits per heavy atom. The molecule has 0 saturated carbocycles. The molecule has 1 heterocycles. The molecule has 0 spiro atoms. The SMILES string of the molecule is CN(C(=O)[C@@H](S)CCCN1C(=O)c2ccccc2C1=O)C([C]=O)CS. The van der Waals surface area contributed by atoms with Crippen molar-refractivity contribution in [3.63, 3.8) is 0 Å². The highest BCUT2D eigenvalue weighted by atomic mass is 32.1. The number of rotatable bonds is 8. The van der Waals surface area contributed by atoms with Gasteiger partial charge in [0.05, 0.1) is 16.4 Å². The first-order valence-electron chi connectivity index (χ1n) is 7.80. The quantitative estimate of drug-likeness (QED) is 0.526. The number of likely N-dealkylation sites (N-methyl/N-ethyl adjacent to an activating group) is 1. The number of carbonyl (C=O) groups is 3. The second kappa shape index (κ2) is 8.53. The lowest BCUT2D eigenvalue weighted by Gasteiger charge is -2.25. The minimum Gasteiger partial charge on any atom is -0.333 e. The van der Waals surface area contributed by atoms with E-state index in [0.29, 0.717) is 24.0 Å². The fraction of sp³-hybridized carbons (Fsp3) is 0.412. The highest BCUT2D eigenvalue weighted by molar-refractivity contribution is 7.81. The molecule has 25 heavy (non-hydrogen) atoms. The maximum absolute atomic E-state index is 12.3. The second-order valence-corrected chi connectivity index (χ2v) is 6.72. The van der Waals surface area contributed by atoms with Gasteiger partial charge in [-0.25, -0.2) is 0 Å². The van der Waals surface area contributed by atoms with E-state index in [1.54, 1.807) is 30.6 Å². The van der Waals surface area contributed by atoms with E-state index in [-0.39, 0.29) is 30.0 Å². The van der Waals surface area contributed by atoms with Gasteiger partial charge in [-0.2, -0.15) is 25.3 Å². The van der Waals surface area contributed by atoms with Gasteiger partial charge in [0.1, 0.15) is 6.04 Å². The number of benzene rings is 1. The Bertz CT molecular complexity index is 660. The molecule has 0 aromatic heterocycles. The Balaban J connectivity index is 1.89. The van der Waals surface area contributed by atoms with Crippen molar-refractivity contribution >= 4 is 49.3 Å². The third-order valence-corrected chi connectivity index (χ3v) is 4.97. The van der Waals surface area contributed by atoms with Crippen LogP contribution in [0.25, 0.3) is 0 Å². The van der Waals surface area contributed by atoms with E-state index in [1.165, 1.54) is 16.8 Å². The predicted molar refractivity (Wildman–Crippen MR) is 99.9 cm³/mol. The number of thiol groups is 2. The van der Waals surface area contributed by atoms with E-state index in [9.17, 15) is 19.2 Å². The molecule has 0 N–H and O–H groups in total. The van der Waals surface area contributed by atoms with Gasteiger partial charge < -0.3 is 4.90 Å². The molecule has 2 rings (SSSR count). The molecule has 1 unspecified atom stereocenters. The summed E-state index contributed by atoms with van der Waals surface area (Å²) in [6.07, 6.45) is 2.57. The van der Waals surface area contributed by atoms with Gasteiger partial charge >= 0.3 is 0 Å². The van der Waals surface area contributed by atoms with E-state index in [1.807, 2.05) is 0 Å². The molecular formula is C17H19N2O4S2. The van der Waals surface area contributed by atoms with E-state index in [2.05, 4.69) is 25.3 Å². The summed E-state index contributed by atoms with van der Waals surface area (Å²) in [4.78, 5) is 50.0. The van der Waals surface area contributed by atoms with Crippen molar-refractivity contribution in [1.29, 1.82) is 0 Å². The van der Waals surface area contributed by atoms with Crippen molar-refractivity contribution in [1.82, 2.24) is 9.80 Å². The number of carbonyl (C=O) groups excluding carboxylic acids is 4. The predicted octanol–water partition coefficient (Wildman–Crippen LogP) is 1.23. The number of fused-ring (bicyclic) bond motifs is 1. The largest absolute Gasteiger partial charge is 0.333 e. The van der Waals surface area contributed by atoms with Crippen LogP contribution in [0.2, 0.25) is 0 Å². The molecule has 1 aliphatic rings. The fourth-order valence-corrected chi connectivity index (χ4v) is 3.32. The van der Waals surface area contributed by atoms with Gasteiger partial charge in [0, 0.05) is 19.3 Å². The summed E-state index contributed by atoms with van der Waals surface area (Å²) in [6.45, 7) is 0.218. The molecule has 0 aliphatic carbocycles. The summed E-state index contributed by atoms with van der Waals surface area (Å²) in [5.41, 5.74) is 0.813. The zero-order valence-corrected chi connectivity index (χ0v) is 15.5. The number of imide groups is 1. The van der Waals surface area contributed by atoms with Gasteiger partial charge in [0.25, 0.3) is 11.8 Å². The average molecular weight is 379 g/mol. The van der Waals surface area contributed by atoms with Crippen LogP contribution >= 0.6 is 25.3 Å². The van der Waals surface area contributed by atoms with Crippen LogP contribution in [0.1, 0.15) is 33.6 Å². The van der Waals surface area contributed by atoms with E-state index >= 15 is 0 Å². The molecule has 133 valence electrons. The normalized spacial score (nSPS) is 15.7. The van der Waals surface area contributed by atoms with Crippen LogP contribution in [0.4, 0.5) is 0 Å². The molecule has 1 aliphatic heterocycles. The minimum absolute atomic E-state index is 0.182. The van der Waals surface area contributed by atoms with Crippen LogP contribution in [-0.2, 0) is 9.59 Å². The van der Waals surface area contributed by atoms with Crippen molar-refractivity contribution < 1.29 is 19.2 Å². The van der Waals surface area contributed by atoms with Crippen LogP contribution in [-0.4, -0.2) is 64.4 Å². The molecule has 6 nitrogen and oxygen atoms in total. The molecule has 1 radical (unpaired) electrons. The molecule has 1 aromatic rings. The maximum atomic E-state index is 12.3. The fourth-order valence-electron chi connectivity index (χ4n) is 2.64. The zero-order chi connectivity index (χ0) is 18.6. The van der Waals surface area contributed by atoms with Gasteiger partial charge in [-0.15, -0.1) is 0 Å². The van der Waals surface area contributed by atoms with Gasteiger partial charge in [0.15, 0.2) is 0 Å². The summed E-state index contributed by atoms with van der Waals surface area (Å²) >= 11 is 8.28. The van der Waals surface area contributed by atoms with Crippen molar-refractivity contribution in [2.75, 3.05) is 19.3 Å². The molecule has 3 amide bonds. The minimum atomic E-state index is -0.721. The highest BCUT2D eigenvalue weighted by Gasteiger charge is 2.34. The summed E-state index contributed by atoms with van der Waals surface area (Å²) in [5, 5.41) is -0.629. The van der Waals surface area contributed by atoms with Gasteiger partial charge in [-0.3, -0.25) is 24.1 Å². The van der Waals surface area contributed by atoms with Crippen molar-refractivity contribution in [3.05, 3.63) is 35.4 Å². The standard InChI is InChI=1S/C17H19N2O4S2/c1-18(11(9-20)10-24)17(23)14(25)7-4-8-19-15(21)12-5-2-3-6-13(12)16(19)22/h2-3,5-6,11,14,24-25H,4,7-8,10H2,1H3/t11?,14-/m0/s1. The van der Waals surface area contributed by atoms with Gasteiger partial charge in [0.2, 0.25) is 12.2 Å². The van der Waals surface area contributed by atoms with Crippen LogP contribution in [0, 0.1) is 0 Å². The number of hydrogen-bond donors (Lipinski definition) is 2. The van der Waals surface area contributed by atoms with E-state index < -0.39 is 11.3 Å². The molecule has 0 saturated heterocycles. The zero-order valence-electron chi connectivity index (χ0n) is 13.7. The monoisotopic (exact) mass is 379 g/mol. The first-order chi connectivity index (χ1) is 11.9. The Labute approximate surface area is 157 Å². The summed E-state index contributed by atoms with van der Waals surface area (Å²) in [7, 11) is 1.50. The van der Waals surface area contributed by atoms with Gasteiger partial charge in [-0.1, -0.05) is 12.1 Å². The average Bonchev–Trinajstić information content (AvgIpc) is 2.87. The smallest absolute Gasteiger partial charge is 0.261 e. The van der Waals surface area contributed by atoms with Crippen LogP contribution in [0.15, 0.2) is 24.3 Å². The number of hydrogen-bond acceptors (Lipinski definition) is 6. The summed E-state index contributed by atoms with van der Waals surface area (Å²) in [5.74, 6) is -0.759. The second-order valence-electron chi connectivity index (χ2n) is 5.73. The third-order valence-electron chi connectivity index (χ3n) is 4.15. The Morgan fingerprint density at radius 2 is 1.80 bits per heavy atom. The van der Waals surface area contributed by atoms with Crippen LogP contribution in [0.3, 0.4) is 0 Å². The van der Waals surface area contributed by atoms with Crippen LogP contribution in [0.5, 0.6) is 0 Å². The Hall–Kier alpha value is -1.80. The number of nitrogens with zero attached hydrogens (tertiary/aromatic N) is 2. The summed E-state index contributed by atoms with van der Waals surface area (Å²) < 4.78 is 0. The third kappa shape index (κ3) is 4.07. The van der Waals surface area contributed by atoms with Gasteiger partial charge in [-0.05, 0) is 25.0 Å². The summed E-state index contributed by atoms with van der Waals surface area (Å²) in [6, 6.07) is 5.97. The van der Waals surface area contributed by atoms with Crippen molar-refractivity contribution in [3.8, 4) is 0 Å². The number of amides is 3. The Kier molecular flexibility index (Phi) is 6.66. The topological polar surface area (TPSA) is 74.8 Å². The lowest BCUT2D eigenvalue weighted by Crippen LogP contribution is -2.43. The van der Waals surface area contributed by atoms with Crippen molar-refractivity contribution in [2.24, 2.45) is 0 Å². The molecular weight excluding hydrogens is 360 g/mol. The lowest BCUT2D eigenvalue weighted by atomic mass is 10.1. The Morgan fingerprint density at radius 3 is 2.28 bits per heavy atom. The first-order valence-corrected chi connectivity index (χ1v) is 8.95. The van der Waals surface area contributed by atoms with Crippen LogP contribution < -0.4 is 0 Å². The first kappa shape index (κ1) is 19.5. The highest BCUT2D eigenvalue weighted by Crippen LogP contribution is 2.23. The van der Waals surface area contributed by atoms with E-state index in [4.69, 9.17) is 0 Å². The van der Waals surface area contributed by atoms with E-state index in [0.717, 1.165) is 0 Å². The van der Waals surface area contributed by atoms with Crippen molar-refractivity contribution in [2.45, 2.75) is 24.1 Å². The molecule has 0 fully saturated rings. The molecule has 8 heteroatoms.